The van der Waals surface area contributed by atoms with Crippen LogP contribution in [-0.2, 0) is 9.22 Å². The van der Waals surface area contributed by atoms with E-state index in [4.69, 9.17) is 8.84 Å². The van der Waals surface area contributed by atoms with E-state index in [-0.39, 0.29) is 10.8 Å². The second-order valence-corrected chi connectivity index (χ2v) is 11.1. The smallest absolute Gasteiger partial charge is 0.193 e. The molecule has 0 aliphatic heterocycles. The topological polar surface area (TPSA) is 59.7 Å². The van der Waals surface area contributed by atoms with Gasteiger partial charge in [0.25, 0.3) is 0 Å². The van der Waals surface area contributed by atoms with Gasteiger partial charge in [-0.05, 0) is 37.2 Å². The van der Waals surface area contributed by atoms with E-state index < -0.39 is 20.5 Å². The number of aliphatic hydroxyl groups excluding tert-OH is 1. The molecular formula is C14H24O4Si. The van der Waals surface area contributed by atoms with Crippen LogP contribution in [0.4, 0.5) is 0 Å². The van der Waals surface area contributed by atoms with Gasteiger partial charge in [-0.15, -0.1) is 0 Å². The SMILES string of the molecule is CC(=O)[C@H](O[Si](C)(C)C(C)(C)C)[C@@H](O)c1ccco1. The molecule has 1 rings (SSSR count). The molecule has 108 valence electrons. The Morgan fingerprint density at radius 1 is 1.42 bits per heavy atom. The normalized spacial score (nSPS) is 16.2. The first-order valence-electron chi connectivity index (χ1n) is 6.46. The molecule has 0 saturated carbocycles. The molecule has 0 fully saturated rings. The zero-order valence-corrected chi connectivity index (χ0v) is 13.6. The van der Waals surface area contributed by atoms with Crippen LogP contribution in [0.2, 0.25) is 18.1 Å². The molecular weight excluding hydrogens is 260 g/mol. The fraction of sp³-hybridized carbons (Fsp3) is 0.643. The summed E-state index contributed by atoms with van der Waals surface area (Å²) in [7, 11) is -2.13. The van der Waals surface area contributed by atoms with Gasteiger partial charge in [-0.1, -0.05) is 20.8 Å². The van der Waals surface area contributed by atoms with Gasteiger partial charge in [0.2, 0.25) is 0 Å². The molecule has 0 spiro atoms. The summed E-state index contributed by atoms with van der Waals surface area (Å²) in [5.41, 5.74) is 0. The van der Waals surface area contributed by atoms with Gasteiger partial charge < -0.3 is 13.9 Å². The van der Waals surface area contributed by atoms with Gasteiger partial charge in [0.05, 0.1) is 6.26 Å². The minimum absolute atomic E-state index is 0.0242. The minimum atomic E-state index is -2.13. The number of carbonyl (C=O) groups excluding carboxylic acids is 1. The summed E-state index contributed by atoms with van der Waals surface area (Å²) in [5, 5.41) is 10.2. The van der Waals surface area contributed by atoms with Crippen LogP contribution < -0.4 is 0 Å². The van der Waals surface area contributed by atoms with E-state index in [9.17, 15) is 9.90 Å². The second kappa shape index (κ2) is 5.61. The largest absolute Gasteiger partial charge is 0.466 e. The number of rotatable bonds is 5. The van der Waals surface area contributed by atoms with E-state index in [2.05, 4.69) is 33.9 Å². The van der Waals surface area contributed by atoms with E-state index in [0.29, 0.717) is 5.76 Å². The van der Waals surface area contributed by atoms with E-state index in [1.54, 1.807) is 12.1 Å². The van der Waals surface area contributed by atoms with E-state index >= 15 is 0 Å². The van der Waals surface area contributed by atoms with Crippen molar-refractivity contribution in [1.29, 1.82) is 0 Å². The number of hydrogen-bond acceptors (Lipinski definition) is 4. The summed E-state index contributed by atoms with van der Waals surface area (Å²) < 4.78 is 11.2. The average Bonchev–Trinajstić information content (AvgIpc) is 2.76. The molecule has 0 bridgehead atoms. The van der Waals surface area contributed by atoms with Crippen molar-refractivity contribution in [2.45, 2.75) is 58.0 Å². The Labute approximate surface area is 115 Å². The first-order valence-corrected chi connectivity index (χ1v) is 9.37. The molecule has 2 atom stereocenters. The molecule has 0 aromatic carbocycles. The van der Waals surface area contributed by atoms with Crippen LogP contribution in [0.3, 0.4) is 0 Å². The molecule has 1 aromatic rings. The Kier molecular flexibility index (Phi) is 4.76. The Bertz CT molecular complexity index is 417. The quantitative estimate of drug-likeness (QED) is 0.843. The highest BCUT2D eigenvalue weighted by Gasteiger charge is 2.42. The summed E-state index contributed by atoms with van der Waals surface area (Å²) in [6.07, 6.45) is -0.448. The zero-order chi connectivity index (χ0) is 14.8. The van der Waals surface area contributed by atoms with Gasteiger partial charge in [0.15, 0.2) is 14.1 Å². The monoisotopic (exact) mass is 284 g/mol. The van der Waals surface area contributed by atoms with E-state index in [1.165, 1.54) is 13.2 Å². The number of furan rings is 1. The Morgan fingerprint density at radius 2 is 2.00 bits per heavy atom. The number of carbonyl (C=O) groups is 1. The summed E-state index contributed by atoms with van der Waals surface area (Å²) >= 11 is 0. The lowest BCUT2D eigenvalue weighted by Crippen LogP contribution is -2.47. The lowest BCUT2D eigenvalue weighted by atomic mass is 10.1. The van der Waals surface area contributed by atoms with Crippen molar-refractivity contribution in [1.82, 2.24) is 0 Å². The Hall–Kier alpha value is -0.913. The van der Waals surface area contributed by atoms with Crippen molar-refractivity contribution in [2.75, 3.05) is 0 Å². The standard InChI is InChI=1S/C14H24O4Si/c1-10(15)13(12(16)11-8-7-9-17-11)18-19(5,6)14(2,3)4/h7-9,12-13,16H,1-6H3/t12-,13-/m0/s1. The predicted octanol–water partition coefficient (Wildman–Crippen LogP) is 3.29. The zero-order valence-electron chi connectivity index (χ0n) is 12.6. The minimum Gasteiger partial charge on any atom is -0.466 e. The number of aliphatic hydroxyl groups is 1. The molecule has 1 N–H and O–H groups in total. The van der Waals surface area contributed by atoms with Crippen molar-refractivity contribution in [3.8, 4) is 0 Å². The molecule has 1 heterocycles. The van der Waals surface area contributed by atoms with Gasteiger partial charge in [0, 0.05) is 0 Å². The first kappa shape index (κ1) is 16.1. The molecule has 0 aliphatic rings. The molecule has 0 saturated heterocycles. The summed E-state index contributed by atoms with van der Waals surface area (Å²) in [5.74, 6) is 0.174. The average molecular weight is 284 g/mol. The third-order valence-electron chi connectivity index (χ3n) is 3.75. The molecule has 0 amide bonds. The van der Waals surface area contributed by atoms with Crippen LogP contribution >= 0.6 is 0 Å². The lowest BCUT2D eigenvalue weighted by Gasteiger charge is -2.39. The highest BCUT2D eigenvalue weighted by molar-refractivity contribution is 6.74. The lowest BCUT2D eigenvalue weighted by molar-refractivity contribution is -0.130. The van der Waals surface area contributed by atoms with Crippen LogP contribution in [-0.4, -0.2) is 25.3 Å². The fourth-order valence-electron chi connectivity index (χ4n) is 1.47. The van der Waals surface area contributed by atoms with Crippen LogP contribution in [0.15, 0.2) is 22.8 Å². The third-order valence-corrected chi connectivity index (χ3v) is 8.21. The Morgan fingerprint density at radius 3 is 2.37 bits per heavy atom. The van der Waals surface area contributed by atoms with Crippen LogP contribution in [0.25, 0.3) is 0 Å². The Balaban J connectivity index is 2.94. The molecule has 19 heavy (non-hydrogen) atoms. The first-order chi connectivity index (χ1) is 8.56. The molecule has 0 aliphatic carbocycles. The van der Waals surface area contributed by atoms with Crippen LogP contribution in [0.5, 0.6) is 0 Å². The number of Topliss-reactive ketones (excluding diaryl/α,β-unsaturated/α-hetero) is 1. The van der Waals surface area contributed by atoms with Crippen LogP contribution in [0.1, 0.15) is 39.6 Å². The van der Waals surface area contributed by atoms with Crippen molar-refractivity contribution < 1.29 is 18.7 Å². The van der Waals surface area contributed by atoms with Crippen molar-refractivity contribution in [3.63, 3.8) is 0 Å². The fourth-order valence-corrected chi connectivity index (χ4v) is 2.76. The maximum Gasteiger partial charge on any atom is 0.193 e. The van der Waals surface area contributed by atoms with Crippen LogP contribution in [0, 0.1) is 0 Å². The third kappa shape index (κ3) is 3.78. The number of hydrogen-bond donors (Lipinski definition) is 1. The number of ketones is 1. The van der Waals surface area contributed by atoms with Gasteiger partial charge in [0.1, 0.15) is 18.0 Å². The van der Waals surface area contributed by atoms with Gasteiger partial charge in [-0.25, -0.2) is 0 Å². The maximum absolute atomic E-state index is 11.8. The molecule has 0 unspecified atom stereocenters. The summed E-state index contributed by atoms with van der Waals surface area (Å²) in [4.78, 5) is 11.8. The molecule has 4 nitrogen and oxygen atoms in total. The molecule has 1 aromatic heterocycles. The highest BCUT2D eigenvalue weighted by Crippen LogP contribution is 2.38. The van der Waals surface area contributed by atoms with Gasteiger partial charge >= 0.3 is 0 Å². The predicted molar refractivity (Wildman–Crippen MR) is 76.4 cm³/mol. The van der Waals surface area contributed by atoms with Gasteiger partial charge in [-0.3, -0.25) is 4.79 Å². The van der Waals surface area contributed by atoms with Crippen molar-refractivity contribution in [3.05, 3.63) is 24.2 Å². The molecule has 5 heteroatoms. The summed E-state index contributed by atoms with van der Waals surface area (Å²) in [6.45, 7) is 11.8. The van der Waals surface area contributed by atoms with Gasteiger partial charge in [-0.2, -0.15) is 0 Å². The maximum atomic E-state index is 11.8. The summed E-state index contributed by atoms with van der Waals surface area (Å²) in [6, 6.07) is 3.33. The molecule has 0 radical (unpaired) electrons. The van der Waals surface area contributed by atoms with E-state index in [0.717, 1.165) is 0 Å². The second-order valence-electron chi connectivity index (χ2n) is 6.37. The van der Waals surface area contributed by atoms with E-state index in [1.807, 2.05) is 0 Å². The van der Waals surface area contributed by atoms with Crippen molar-refractivity contribution >= 4 is 14.1 Å². The highest BCUT2D eigenvalue weighted by atomic mass is 28.4. The van der Waals surface area contributed by atoms with Crippen molar-refractivity contribution in [2.24, 2.45) is 0 Å².